The molecule has 1 aromatic carbocycles. The third kappa shape index (κ3) is 5.50. The van der Waals surface area contributed by atoms with E-state index in [1.807, 2.05) is 30.3 Å². The summed E-state index contributed by atoms with van der Waals surface area (Å²) in [5, 5.41) is 3.22. The SMILES string of the molecule is CC(C)(C)CC(NCc1ccccc1)C(N)=O. The summed E-state index contributed by atoms with van der Waals surface area (Å²) in [5.41, 5.74) is 6.65. The highest BCUT2D eigenvalue weighted by Crippen LogP contribution is 2.20. The van der Waals surface area contributed by atoms with Crippen LogP contribution >= 0.6 is 0 Å². The van der Waals surface area contributed by atoms with Crippen molar-refractivity contribution in [3.8, 4) is 0 Å². The van der Waals surface area contributed by atoms with Gasteiger partial charge in [-0.25, -0.2) is 0 Å². The van der Waals surface area contributed by atoms with Crippen LogP contribution in [0.25, 0.3) is 0 Å². The van der Waals surface area contributed by atoms with E-state index in [1.54, 1.807) is 0 Å². The Hall–Kier alpha value is -1.35. The summed E-state index contributed by atoms with van der Waals surface area (Å²) in [6.45, 7) is 6.98. The zero-order valence-electron chi connectivity index (χ0n) is 10.9. The number of hydrogen-bond donors (Lipinski definition) is 2. The van der Waals surface area contributed by atoms with Crippen LogP contribution in [0.2, 0.25) is 0 Å². The summed E-state index contributed by atoms with van der Waals surface area (Å²) in [5.74, 6) is -0.282. The Bertz CT molecular complexity index is 354. The Morgan fingerprint density at radius 1 is 1.29 bits per heavy atom. The molecule has 3 N–H and O–H groups in total. The Morgan fingerprint density at radius 2 is 1.88 bits per heavy atom. The lowest BCUT2D eigenvalue weighted by molar-refractivity contribution is -0.120. The van der Waals surface area contributed by atoms with Crippen molar-refractivity contribution in [1.82, 2.24) is 5.32 Å². The maximum absolute atomic E-state index is 11.4. The molecule has 1 unspecified atom stereocenters. The molecular weight excluding hydrogens is 212 g/mol. The molecule has 94 valence electrons. The molecule has 1 atom stereocenters. The molecule has 0 saturated carbocycles. The van der Waals surface area contributed by atoms with Crippen LogP contribution < -0.4 is 11.1 Å². The van der Waals surface area contributed by atoms with E-state index < -0.39 is 0 Å². The van der Waals surface area contributed by atoms with Gasteiger partial charge < -0.3 is 11.1 Å². The molecule has 0 aliphatic heterocycles. The first kappa shape index (κ1) is 13.7. The Labute approximate surface area is 103 Å². The Balaban J connectivity index is 2.54. The quantitative estimate of drug-likeness (QED) is 0.819. The van der Waals surface area contributed by atoms with Crippen molar-refractivity contribution in [2.75, 3.05) is 0 Å². The van der Waals surface area contributed by atoms with Gasteiger partial charge in [0.05, 0.1) is 6.04 Å². The third-order valence-electron chi connectivity index (χ3n) is 2.56. The molecule has 0 aliphatic rings. The van der Waals surface area contributed by atoms with Gasteiger partial charge in [0.1, 0.15) is 0 Å². The predicted octanol–water partition coefficient (Wildman–Crippen LogP) is 2.07. The second-order valence-corrected chi connectivity index (χ2v) is 5.59. The van der Waals surface area contributed by atoms with Crippen molar-refractivity contribution in [3.05, 3.63) is 35.9 Å². The molecule has 0 aromatic heterocycles. The lowest BCUT2D eigenvalue weighted by atomic mass is 9.88. The molecule has 1 amide bonds. The smallest absolute Gasteiger partial charge is 0.234 e. The van der Waals surface area contributed by atoms with E-state index in [9.17, 15) is 4.79 Å². The van der Waals surface area contributed by atoms with Crippen LogP contribution in [0.3, 0.4) is 0 Å². The lowest BCUT2D eigenvalue weighted by Gasteiger charge is -2.24. The Morgan fingerprint density at radius 3 is 2.35 bits per heavy atom. The molecule has 0 bridgehead atoms. The number of nitrogens with one attached hydrogen (secondary N) is 1. The first-order valence-electron chi connectivity index (χ1n) is 5.95. The van der Waals surface area contributed by atoms with Crippen LogP contribution in [0.1, 0.15) is 32.8 Å². The van der Waals surface area contributed by atoms with Gasteiger partial charge in [0.2, 0.25) is 5.91 Å². The average molecular weight is 234 g/mol. The van der Waals surface area contributed by atoms with Gasteiger partial charge in [-0.15, -0.1) is 0 Å². The Kier molecular flexibility index (Phi) is 4.70. The minimum absolute atomic E-state index is 0.0867. The molecule has 0 aliphatic carbocycles. The topological polar surface area (TPSA) is 55.1 Å². The minimum Gasteiger partial charge on any atom is -0.368 e. The van der Waals surface area contributed by atoms with E-state index in [1.165, 1.54) is 0 Å². The second-order valence-electron chi connectivity index (χ2n) is 5.59. The molecule has 0 saturated heterocycles. The fourth-order valence-electron chi connectivity index (χ4n) is 1.72. The van der Waals surface area contributed by atoms with Crippen LogP contribution in [0.4, 0.5) is 0 Å². The number of primary amides is 1. The standard InChI is InChI=1S/C14H22N2O/c1-14(2,3)9-12(13(15)17)16-10-11-7-5-4-6-8-11/h4-8,12,16H,9-10H2,1-3H3,(H2,15,17). The van der Waals surface area contributed by atoms with Crippen molar-refractivity contribution in [2.45, 2.75) is 39.8 Å². The number of carbonyl (C=O) groups excluding carboxylic acids is 1. The number of amides is 1. The summed E-state index contributed by atoms with van der Waals surface area (Å²) in [6.07, 6.45) is 0.745. The van der Waals surface area contributed by atoms with Crippen LogP contribution in [-0.4, -0.2) is 11.9 Å². The van der Waals surface area contributed by atoms with E-state index in [4.69, 9.17) is 5.73 Å². The van der Waals surface area contributed by atoms with Crippen LogP contribution in [0.15, 0.2) is 30.3 Å². The first-order chi connectivity index (χ1) is 7.88. The molecule has 3 heteroatoms. The number of hydrogen-bond acceptors (Lipinski definition) is 2. The highest BCUT2D eigenvalue weighted by Gasteiger charge is 2.22. The normalized spacial score (nSPS) is 13.4. The summed E-state index contributed by atoms with van der Waals surface area (Å²) in [6, 6.07) is 9.74. The molecule has 17 heavy (non-hydrogen) atoms. The van der Waals surface area contributed by atoms with Crippen LogP contribution in [0.5, 0.6) is 0 Å². The van der Waals surface area contributed by atoms with Crippen LogP contribution in [0, 0.1) is 5.41 Å². The third-order valence-corrected chi connectivity index (χ3v) is 2.56. The number of carbonyl (C=O) groups is 1. The van der Waals surface area contributed by atoms with Crippen molar-refractivity contribution in [3.63, 3.8) is 0 Å². The highest BCUT2D eigenvalue weighted by atomic mass is 16.1. The lowest BCUT2D eigenvalue weighted by Crippen LogP contribution is -2.43. The molecule has 1 aromatic rings. The average Bonchev–Trinajstić information content (AvgIpc) is 2.24. The zero-order valence-corrected chi connectivity index (χ0v) is 10.9. The summed E-state index contributed by atoms with van der Waals surface area (Å²) < 4.78 is 0. The van der Waals surface area contributed by atoms with Crippen molar-refractivity contribution < 1.29 is 4.79 Å². The summed E-state index contributed by atoms with van der Waals surface area (Å²) in [4.78, 5) is 11.4. The second kappa shape index (κ2) is 5.82. The minimum atomic E-state index is -0.282. The van der Waals surface area contributed by atoms with Gasteiger partial charge in [-0.05, 0) is 17.4 Å². The molecule has 0 heterocycles. The number of benzene rings is 1. The number of nitrogens with two attached hydrogens (primary N) is 1. The molecule has 3 nitrogen and oxygen atoms in total. The van der Waals surface area contributed by atoms with Gasteiger partial charge >= 0.3 is 0 Å². The summed E-state index contributed by atoms with van der Waals surface area (Å²) >= 11 is 0. The van der Waals surface area contributed by atoms with E-state index in [0.717, 1.165) is 12.0 Å². The molecular formula is C14H22N2O. The van der Waals surface area contributed by atoms with Crippen molar-refractivity contribution in [2.24, 2.45) is 11.1 Å². The van der Waals surface area contributed by atoms with Gasteiger partial charge in [-0.3, -0.25) is 4.79 Å². The molecule has 0 radical (unpaired) electrons. The van der Waals surface area contributed by atoms with Crippen molar-refractivity contribution in [1.29, 1.82) is 0 Å². The van der Waals surface area contributed by atoms with Gasteiger partial charge in [0.15, 0.2) is 0 Å². The maximum atomic E-state index is 11.4. The maximum Gasteiger partial charge on any atom is 0.234 e. The predicted molar refractivity (Wildman–Crippen MR) is 70.3 cm³/mol. The van der Waals surface area contributed by atoms with Gasteiger partial charge in [0, 0.05) is 6.54 Å². The van der Waals surface area contributed by atoms with E-state index in [0.29, 0.717) is 6.54 Å². The van der Waals surface area contributed by atoms with Crippen LogP contribution in [-0.2, 0) is 11.3 Å². The van der Waals surface area contributed by atoms with Gasteiger partial charge in [-0.2, -0.15) is 0 Å². The van der Waals surface area contributed by atoms with Crippen molar-refractivity contribution >= 4 is 5.91 Å². The highest BCUT2D eigenvalue weighted by molar-refractivity contribution is 5.79. The number of rotatable bonds is 5. The molecule has 0 spiro atoms. The van der Waals surface area contributed by atoms with E-state index in [-0.39, 0.29) is 17.4 Å². The fraction of sp³-hybridized carbons (Fsp3) is 0.500. The fourth-order valence-corrected chi connectivity index (χ4v) is 1.72. The molecule has 1 rings (SSSR count). The zero-order chi connectivity index (χ0) is 12.9. The van der Waals surface area contributed by atoms with E-state index >= 15 is 0 Å². The largest absolute Gasteiger partial charge is 0.368 e. The first-order valence-corrected chi connectivity index (χ1v) is 5.95. The summed E-state index contributed by atoms with van der Waals surface area (Å²) in [7, 11) is 0. The molecule has 0 fully saturated rings. The van der Waals surface area contributed by atoms with E-state index in [2.05, 4.69) is 26.1 Å². The van der Waals surface area contributed by atoms with Gasteiger partial charge in [-0.1, -0.05) is 51.1 Å². The monoisotopic (exact) mass is 234 g/mol. The van der Waals surface area contributed by atoms with Gasteiger partial charge in [0.25, 0.3) is 0 Å².